The van der Waals surface area contributed by atoms with Gasteiger partial charge in [0, 0.05) is 25.9 Å². The Morgan fingerprint density at radius 2 is 1.80 bits per heavy atom. The molecule has 4 nitrogen and oxygen atoms in total. The Balaban J connectivity index is 3.20. The van der Waals surface area contributed by atoms with E-state index in [-0.39, 0.29) is 11.7 Å². The van der Waals surface area contributed by atoms with Gasteiger partial charge in [0.1, 0.15) is 5.78 Å². The van der Waals surface area contributed by atoms with Crippen LogP contribution in [0.1, 0.15) is 39.5 Å². The molecule has 4 heteroatoms. The van der Waals surface area contributed by atoms with Gasteiger partial charge in [-0.15, -0.1) is 0 Å². The number of hydrogen-bond acceptors (Lipinski definition) is 3. The van der Waals surface area contributed by atoms with Gasteiger partial charge in [-0.1, -0.05) is 6.92 Å². The quantitative estimate of drug-likeness (QED) is 0.560. The molecular weight excluding hydrogens is 192 g/mol. The first-order valence-corrected chi connectivity index (χ1v) is 5.63. The summed E-state index contributed by atoms with van der Waals surface area (Å²) in [7, 11) is 0. The molecule has 0 aromatic rings. The lowest BCUT2D eigenvalue weighted by molar-refractivity contribution is -0.121. The van der Waals surface area contributed by atoms with E-state index < -0.39 is 0 Å². The molecule has 0 radical (unpaired) electrons. The van der Waals surface area contributed by atoms with Crippen molar-refractivity contribution < 1.29 is 9.59 Å². The van der Waals surface area contributed by atoms with E-state index in [1.54, 1.807) is 6.92 Å². The second-order valence-corrected chi connectivity index (χ2v) is 3.61. The van der Waals surface area contributed by atoms with Crippen LogP contribution < -0.4 is 10.6 Å². The van der Waals surface area contributed by atoms with Gasteiger partial charge in [-0.3, -0.25) is 4.79 Å². The molecule has 0 aliphatic carbocycles. The van der Waals surface area contributed by atoms with Crippen LogP contribution in [0.25, 0.3) is 0 Å². The first-order chi connectivity index (χ1) is 7.16. The maximum absolute atomic E-state index is 11.2. The largest absolute Gasteiger partial charge is 0.356 e. The highest BCUT2D eigenvalue weighted by Crippen LogP contribution is 1.94. The molecule has 0 saturated heterocycles. The van der Waals surface area contributed by atoms with E-state index in [0.717, 1.165) is 25.9 Å². The van der Waals surface area contributed by atoms with Crippen LogP contribution >= 0.6 is 0 Å². The second kappa shape index (κ2) is 9.65. The van der Waals surface area contributed by atoms with Crippen molar-refractivity contribution in [2.24, 2.45) is 0 Å². The fourth-order valence-corrected chi connectivity index (χ4v) is 1.19. The van der Waals surface area contributed by atoms with Crippen LogP contribution in [-0.2, 0) is 9.59 Å². The molecule has 88 valence electrons. The zero-order valence-corrected chi connectivity index (χ0v) is 9.77. The highest BCUT2D eigenvalue weighted by atomic mass is 16.1. The van der Waals surface area contributed by atoms with Crippen molar-refractivity contribution >= 4 is 11.7 Å². The first kappa shape index (κ1) is 14.1. The van der Waals surface area contributed by atoms with Gasteiger partial charge in [0.15, 0.2) is 0 Å². The maximum Gasteiger partial charge on any atom is 0.221 e. The van der Waals surface area contributed by atoms with Crippen molar-refractivity contribution in [3.63, 3.8) is 0 Å². The number of ketones is 1. The number of unbranched alkanes of at least 4 members (excludes halogenated alkanes) is 1. The van der Waals surface area contributed by atoms with Gasteiger partial charge in [-0.2, -0.15) is 0 Å². The third-order valence-electron chi connectivity index (χ3n) is 2.06. The Hall–Kier alpha value is -0.900. The van der Waals surface area contributed by atoms with Crippen LogP contribution in [0.2, 0.25) is 0 Å². The first-order valence-electron chi connectivity index (χ1n) is 5.63. The fraction of sp³-hybridized carbons (Fsp3) is 0.818. The summed E-state index contributed by atoms with van der Waals surface area (Å²) < 4.78 is 0. The van der Waals surface area contributed by atoms with Gasteiger partial charge in [-0.25, -0.2) is 0 Å². The van der Waals surface area contributed by atoms with Gasteiger partial charge >= 0.3 is 0 Å². The van der Waals surface area contributed by atoms with E-state index >= 15 is 0 Å². The minimum atomic E-state index is 0.0822. The van der Waals surface area contributed by atoms with Gasteiger partial charge in [0.2, 0.25) is 5.91 Å². The Morgan fingerprint density at radius 3 is 2.40 bits per heavy atom. The number of carbonyl (C=O) groups excluding carboxylic acids is 2. The molecule has 0 aromatic carbocycles. The Morgan fingerprint density at radius 1 is 1.07 bits per heavy atom. The second-order valence-electron chi connectivity index (χ2n) is 3.61. The van der Waals surface area contributed by atoms with Gasteiger partial charge in [-0.05, 0) is 26.3 Å². The minimum Gasteiger partial charge on any atom is -0.356 e. The predicted octanol–water partition coefficient (Wildman–Crippen LogP) is 0.861. The van der Waals surface area contributed by atoms with Crippen LogP contribution in [0.15, 0.2) is 0 Å². The Bertz CT molecular complexity index is 193. The Labute approximate surface area is 91.8 Å². The smallest absolute Gasteiger partial charge is 0.221 e. The standard InChI is InChI=1S/C11H22N2O2/c1-3-12-9-7-11(15)13-8-5-4-6-10(2)14/h12H,3-9H2,1-2H3,(H,13,15). The molecule has 0 rings (SSSR count). The zero-order chi connectivity index (χ0) is 11.5. The SMILES string of the molecule is CCNCCC(=O)NCCCCC(C)=O. The van der Waals surface area contributed by atoms with E-state index in [4.69, 9.17) is 0 Å². The molecule has 0 bridgehead atoms. The molecule has 0 saturated carbocycles. The number of rotatable bonds is 9. The summed E-state index contributed by atoms with van der Waals surface area (Å²) in [6, 6.07) is 0. The lowest BCUT2D eigenvalue weighted by Gasteiger charge is -2.04. The highest BCUT2D eigenvalue weighted by Gasteiger charge is 1.99. The number of amides is 1. The summed E-state index contributed by atoms with van der Waals surface area (Å²) in [5, 5.41) is 5.92. The summed E-state index contributed by atoms with van der Waals surface area (Å²) in [5.41, 5.74) is 0. The van der Waals surface area contributed by atoms with Crippen molar-refractivity contribution in [1.82, 2.24) is 10.6 Å². The number of hydrogen-bond donors (Lipinski definition) is 2. The van der Waals surface area contributed by atoms with Crippen molar-refractivity contribution in [2.45, 2.75) is 39.5 Å². The monoisotopic (exact) mass is 214 g/mol. The Kier molecular flexibility index (Phi) is 9.07. The summed E-state index contributed by atoms with van der Waals surface area (Å²) in [6.45, 7) is 5.91. The van der Waals surface area contributed by atoms with Crippen LogP contribution in [0.4, 0.5) is 0 Å². The molecule has 0 aromatic heterocycles. The van der Waals surface area contributed by atoms with Crippen LogP contribution in [-0.4, -0.2) is 31.3 Å². The summed E-state index contributed by atoms with van der Waals surface area (Å²) >= 11 is 0. The number of nitrogens with one attached hydrogen (secondary N) is 2. The third kappa shape index (κ3) is 11.0. The maximum atomic E-state index is 11.2. The molecule has 0 aliphatic rings. The van der Waals surface area contributed by atoms with E-state index in [0.29, 0.717) is 19.4 Å². The summed E-state index contributed by atoms with van der Waals surface area (Å²) in [4.78, 5) is 21.8. The molecule has 2 N–H and O–H groups in total. The minimum absolute atomic E-state index is 0.0822. The molecule has 0 heterocycles. The van der Waals surface area contributed by atoms with Gasteiger partial charge in [0.05, 0.1) is 0 Å². The molecule has 15 heavy (non-hydrogen) atoms. The third-order valence-corrected chi connectivity index (χ3v) is 2.06. The lowest BCUT2D eigenvalue weighted by atomic mass is 10.2. The van der Waals surface area contributed by atoms with Crippen LogP contribution in [0.3, 0.4) is 0 Å². The lowest BCUT2D eigenvalue weighted by Crippen LogP contribution is -2.28. The molecular formula is C11H22N2O2. The van der Waals surface area contributed by atoms with E-state index in [9.17, 15) is 9.59 Å². The molecule has 0 atom stereocenters. The predicted molar refractivity (Wildman–Crippen MR) is 60.7 cm³/mol. The molecule has 0 spiro atoms. The fourth-order valence-electron chi connectivity index (χ4n) is 1.19. The number of Topliss-reactive ketones (excluding diaryl/α,β-unsaturated/α-hetero) is 1. The molecule has 0 unspecified atom stereocenters. The average molecular weight is 214 g/mol. The molecule has 0 fully saturated rings. The molecule has 0 aliphatic heterocycles. The number of carbonyl (C=O) groups is 2. The highest BCUT2D eigenvalue weighted by molar-refractivity contribution is 5.76. The molecule has 1 amide bonds. The van der Waals surface area contributed by atoms with Crippen molar-refractivity contribution in [3.8, 4) is 0 Å². The zero-order valence-electron chi connectivity index (χ0n) is 9.77. The summed E-state index contributed by atoms with van der Waals surface area (Å²) in [5.74, 6) is 0.298. The normalized spacial score (nSPS) is 10.0. The average Bonchev–Trinajstić information content (AvgIpc) is 2.17. The van der Waals surface area contributed by atoms with E-state index in [1.807, 2.05) is 6.92 Å². The van der Waals surface area contributed by atoms with Crippen LogP contribution in [0.5, 0.6) is 0 Å². The van der Waals surface area contributed by atoms with E-state index in [2.05, 4.69) is 10.6 Å². The van der Waals surface area contributed by atoms with E-state index in [1.165, 1.54) is 0 Å². The van der Waals surface area contributed by atoms with Crippen molar-refractivity contribution in [3.05, 3.63) is 0 Å². The van der Waals surface area contributed by atoms with Crippen molar-refractivity contribution in [2.75, 3.05) is 19.6 Å². The van der Waals surface area contributed by atoms with Gasteiger partial charge < -0.3 is 15.4 Å². The van der Waals surface area contributed by atoms with Crippen LogP contribution in [0, 0.1) is 0 Å². The topological polar surface area (TPSA) is 58.2 Å². The van der Waals surface area contributed by atoms with Gasteiger partial charge in [0.25, 0.3) is 0 Å². The van der Waals surface area contributed by atoms with Crippen molar-refractivity contribution in [1.29, 1.82) is 0 Å². The summed E-state index contributed by atoms with van der Waals surface area (Å²) in [6.07, 6.45) is 2.89.